The molecule has 1 unspecified atom stereocenters. The highest BCUT2D eigenvalue weighted by Crippen LogP contribution is 2.38. The predicted molar refractivity (Wildman–Crippen MR) is 181 cm³/mol. The lowest BCUT2D eigenvalue weighted by atomic mass is 9.72. The summed E-state index contributed by atoms with van der Waals surface area (Å²) in [5.74, 6) is 0. The number of hydrogen-bond acceptors (Lipinski definition) is 4. The van der Waals surface area contributed by atoms with Gasteiger partial charge in [-0.15, -0.1) is 11.3 Å². The number of allylic oxidation sites excluding steroid dienone is 1. The molecule has 0 saturated heterocycles. The second kappa shape index (κ2) is 11.3. The Morgan fingerprint density at radius 1 is 0.786 bits per heavy atom. The van der Waals surface area contributed by atoms with Crippen molar-refractivity contribution >= 4 is 39.0 Å². The summed E-state index contributed by atoms with van der Waals surface area (Å²) in [5.41, 5.74) is 8.63. The number of para-hydroxylation sites is 1. The van der Waals surface area contributed by atoms with Crippen LogP contribution in [0, 0.1) is 5.41 Å². The highest BCUT2D eigenvalue weighted by atomic mass is 32.1. The van der Waals surface area contributed by atoms with Gasteiger partial charge in [0.25, 0.3) is 0 Å². The number of fused-ring (bicyclic) bond motifs is 1. The van der Waals surface area contributed by atoms with Gasteiger partial charge in [0, 0.05) is 12.0 Å². The minimum Gasteiger partial charge on any atom is -0.257 e. The lowest BCUT2D eigenvalue weighted by Gasteiger charge is -2.33. The third-order valence-electron chi connectivity index (χ3n) is 7.92. The molecule has 0 bridgehead atoms. The second-order valence-corrected chi connectivity index (χ2v) is 14.2. The average Bonchev–Trinajstić information content (AvgIpc) is 3.61. The van der Waals surface area contributed by atoms with Crippen molar-refractivity contribution in [3.63, 3.8) is 0 Å². The molecule has 0 fully saturated rings. The van der Waals surface area contributed by atoms with Gasteiger partial charge in [-0.25, -0.2) is 4.98 Å². The molecule has 1 aliphatic heterocycles. The summed E-state index contributed by atoms with van der Waals surface area (Å²) in [7, 11) is 0. The maximum absolute atomic E-state index is 5.12. The summed E-state index contributed by atoms with van der Waals surface area (Å²) < 4.78 is 1.21. The molecule has 3 nitrogen and oxygen atoms in total. The number of aromatic nitrogens is 1. The number of hydrogen-bond donors (Lipinski definition) is 0. The topological polar surface area (TPSA) is 28.5 Å². The van der Waals surface area contributed by atoms with Crippen LogP contribution < -0.4 is 5.01 Å². The van der Waals surface area contributed by atoms with Gasteiger partial charge in [-0.2, -0.15) is 5.10 Å². The molecule has 0 spiro atoms. The van der Waals surface area contributed by atoms with Gasteiger partial charge in [-0.05, 0) is 76.4 Å². The van der Waals surface area contributed by atoms with E-state index in [0.717, 1.165) is 40.3 Å². The Hall–Kier alpha value is -4.02. The quantitative estimate of drug-likeness (QED) is 0.195. The molecule has 4 aromatic carbocycles. The fourth-order valence-corrected chi connectivity index (χ4v) is 7.20. The number of benzene rings is 4. The maximum Gasteiger partial charge on any atom is 0.124 e. The van der Waals surface area contributed by atoms with E-state index >= 15 is 0 Å². The zero-order valence-electron chi connectivity index (χ0n) is 25.2. The van der Waals surface area contributed by atoms with Gasteiger partial charge < -0.3 is 0 Å². The van der Waals surface area contributed by atoms with Gasteiger partial charge in [0.15, 0.2) is 0 Å². The minimum atomic E-state index is 0.141. The Morgan fingerprint density at radius 3 is 2.17 bits per heavy atom. The third-order valence-corrected chi connectivity index (χ3v) is 9.01. The minimum absolute atomic E-state index is 0.141. The van der Waals surface area contributed by atoms with E-state index in [-0.39, 0.29) is 11.5 Å². The Balaban J connectivity index is 1.23. The van der Waals surface area contributed by atoms with Crippen LogP contribution in [0.2, 0.25) is 0 Å². The van der Waals surface area contributed by atoms with Crippen LogP contribution in [0.15, 0.2) is 114 Å². The van der Waals surface area contributed by atoms with E-state index in [0.29, 0.717) is 5.41 Å². The molecule has 5 aromatic rings. The molecule has 1 aliphatic rings. The summed E-state index contributed by atoms with van der Waals surface area (Å²) in [5, 5.41) is 8.34. The number of rotatable bonds is 7. The smallest absolute Gasteiger partial charge is 0.124 e. The predicted octanol–water partition coefficient (Wildman–Crippen LogP) is 10.7. The molecule has 0 N–H and O–H groups in total. The van der Waals surface area contributed by atoms with Crippen LogP contribution in [0.1, 0.15) is 70.2 Å². The molecule has 4 heteroatoms. The third kappa shape index (κ3) is 6.24. The van der Waals surface area contributed by atoms with Crippen LogP contribution in [-0.4, -0.2) is 10.7 Å². The summed E-state index contributed by atoms with van der Waals surface area (Å²) in [6.45, 7) is 11.6. The highest BCUT2D eigenvalue weighted by Gasteiger charge is 2.29. The van der Waals surface area contributed by atoms with E-state index in [9.17, 15) is 0 Å². The zero-order chi connectivity index (χ0) is 29.3. The van der Waals surface area contributed by atoms with Crippen LogP contribution in [0.25, 0.3) is 26.9 Å². The Kier molecular flexibility index (Phi) is 7.59. The molecule has 6 rings (SSSR count). The van der Waals surface area contributed by atoms with Crippen molar-refractivity contribution in [1.29, 1.82) is 0 Å². The Labute approximate surface area is 254 Å². The van der Waals surface area contributed by atoms with Crippen LogP contribution in [-0.2, 0) is 5.41 Å². The summed E-state index contributed by atoms with van der Waals surface area (Å²) >= 11 is 1.73. The van der Waals surface area contributed by atoms with Gasteiger partial charge in [0.2, 0.25) is 0 Å². The molecule has 212 valence electrons. The SMILES string of the molecule is CC(C)(C)CC(C)(C)c1ccc(C=CC2=NN(c3ccc(-c4nc5ccccc5s4)cc3)C(c3ccccc3)C2)cc1. The fourth-order valence-electron chi connectivity index (χ4n) is 6.22. The van der Waals surface area contributed by atoms with E-state index < -0.39 is 0 Å². The monoisotopic (exact) mass is 569 g/mol. The molecule has 1 atom stereocenters. The number of anilines is 1. The van der Waals surface area contributed by atoms with Crippen molar-refractivity contribution < 1.29 is 0 Å². The van der Waals surface area contributed by atoms with E-state index in [1.807, 2.05) is 6.07 Å². The molecular formula is C38H39N3S. The van der Waals surface area contributed by atoms with E-state index in [4.69, 9.17) is 10.1 Å². The van der Waals surface area contributed by atoms with Gasteiger partial charge >= 0.3 is 0 Å². The summed E-state index contributed by atoms with van der Waals surface area (Å²) in [4.78, 5) is 4.84. The average molecular weight is 570 g/mol. The number of hydrazone groups is 1. The van der Waals surface area contributed by atoms with Crippen LogP contribution >= 0.6 is 11.3 Å². The van der Waals surface area contributed by atoms with Crippen LogP contribution in [0.4, 0.5) is 5.69 Å². The van der Waals surface area contributed by atoms with Crippen LogP contribution in [0.5, 0.6) is 0 Å². The zero-order valence-corrected chi connectivity index (χ0v) is 26.0. The van der Waals surface area contributed by atoms with Crippen molar-refractivity contribution in [3.05, 3.63) is 126 Å². The highest BCUT2D eigenvalue weighted by molar-refractivity contribution is 7.21. The Morgan fingerprint density at radius 2 is 1.48 bits per heavy atom. The number of thiazole rings is 1. The van der Waals surface area contributed by atoms with Crippen LogP contribution in [0.3, 0.4) is 0 Å². The lowest BCUT2D eigenvalue weighted by Crippen LogP contribution is -2.24. The van der Waals surface area contributed by atoms with Gasteiger partial charge in [0.05, 0.1) is 27.7 Å². The molecule has 1 aromatic heterocycles. The van der Waals surface area contributed by atoms with Gasteiger partial charge in [-0.3, -0.25) is 5.01 Å². The molecule has 0 amide bonds. The molecule has 0 saturated carbocycles. The Bertz CT molecular complexity index is 1690. The maximum atomic E-state index is 5.12. The van der Waals surface area contributed by atoms with Crippen molar-refractivity contribution in [3.8, 4) is 10.6 Å². The first-order valence-electron chi connectivity index (χ1n) is 14.8. The summed E-state index contributed by atoms with van der Waals surface area (Å²) in [6, 6.07) is 36.9. The molecule has 0 radical (unpaired) electrons. The van der Waals surface area contributed by atoms with E-state index in [1.165, 1.54) is 21.4 Å². The molecule has 42 heavy (non-hydrogen) atoms. The first-order valence-corrected chi connectivity index (χ1v) is 15.6. The standard InChI is InChI=1S/C38H39N3S/c1-37(2,3)26-38(4,5)30-20-15-27(16-21-30)17-22-31-25-34(28-11-7-6-8-12-28)41(40-31)32-23-18-29(19-24-32)36-39-33-13-9-10-14-35(33)42-36/h6-24,34H,25-26H2,1-5H3. The molecule has 0 aliphatic carbocycles. The van der Waals surface area contributed by atoms with Crippen molar-refractivity contribution in [2.75, 3.05) is 5.01 Å². The van der Waals surface area contributed by atoms with E-state index in [1.54, 1.807) is 11.3 Å². The molecule has 2 heterocycles. The first kappa shape index (κ1) is 28.1. The van der Waals surface area contributed by atoms with Crippen molar-refractivity contribution in [1.82, 2.24) is 4.98 Å². The fraction of sp³-hybridized carbons (Fsp3) is 0.263. The van der Waals surface area contributed by atoms with E-state index in [2.05, 4.69) is 149 Å². The second-order valence-electron chi connectivity index (χ2n) is 13.2. The largest absolute Gasteiger partial charge is 0.257 e. The normalized spacial score (nSPS) is 16.0. The number of nitrogens with zero attached hydrogens (tertiary/aromatic N) is 3. The van der Waals surface area contributed by atoms with Crippen molar-refractivity contribution in [2.45, 2.75) is 58.9 Å². The van der Waals surface area contributed by atoms with Crippen molar-refractivity contribution in [2.24, 2.45) is 10.5 Å². The lowest BCUT2D eigenvalue weighted by molar-refractivity contribution is 0.284. The summed E-state index contributed by atoms with van der Waals surface area (Å²) in [6.07, 6.45) is 6.38. The molecular weight excluding hydrogens is 531 g/mol. The first-order chi connectivity index (χ1) is 20.1. The van der Waals surface area contributed by atoms with Gasteiger partial charge in [0.1, 0.15) is 5.01 Å². The van der Waals surface area contributed by atoms with Gasteiger partial charge in [-0.1, -0.05) is 107 Å².